The largest absolute Gasteiger partial charge is 0.478 e. The predicted octanol–water partition coefficient (Wildman–Crippen LogP) is 4.54. The fourth-order valence-corrected chi connectivity index (χ4v) is 4.09. The zero-order chi connectivity index (χ0) is 20.7. The molecule has 4 aromatic rings. The van der Waals surface area contributed by atoms with E-state index in [-0.39, 0.29) is 5.56 Å². The van der Waals surface area contributed by atoms with Gasteiger partial charge >= 0.3 is 5.97 Å². The molecule has 0 amide bonds. The summed E-state index contributed by atoms with van der Waals surface area (Å²) in [6.07, 6.45) is 0.862. The summed E-state index contributed by atoms with van der Waals surface area (Å²) in [4.78, 5) is 29.5. The van der Waals surface area contributed by atoms with Crippen LogP contribution in [-0.4, -0.2) is 17.4 Å². The van der Waals surface area contributed by atoms with Crippen LogP contribution in [0, 0.1) is 0 Å². The Morgan fingerprint density at radius 3 is 2.10 bits per heavy atom. The topological polar surface area (TPSA) is 75.6 Å². The molecular weight excluding hydrogens is 378 g/mol. The Balaban J connectivity index is 1.54. The van der Waals surface area contributed by atoms with Crippen molar-refractivity contribution in [1.82, 2.24) is 5.48 Å². The summed E-state index contributed by atoms with van der Waals surface area (Å²) >= 11 is 0. The van der Waals surface area contributed by atoms with Crippen LogP contribution in [0.1, 0.15) is 21.5 Å². The van der Waals surface area contributed by atoms with E-state index < -0.39 is 11.5 Å². The molecule has 0 saturated heterocycles. The first kappa shape index (κ1) is 18.1. The van der Waals surface area contributed by atoms with Crippen LogP contribution in [-0.2, 0) is 10.3 Å². The summed E-state index contributed by atoms with van der Waals surface area (Å²) in [5, 5.41) is 10.9. The van der Waals surface area contributed by atoms with E-state index in [4.69, 9.17) is 4.84 Å². The van der Waals surface area contributed by atoms with E-state index in [1.807, 2.05) is 54.6 Å². The van der Waals surface area contributed by atoms with Crippen LogP contribution >= 0.6 is 0 Å². The molecule has 1 aliphatic rings. The number of fused-ring (bicyclic) bond motifs is 4. The third kappa shape index (κ3) is 2.68. The van der Waals surface area contributed by atoms with Gasteiger partial charge in [-0.25, -0.2) is 4.79 Å². The fraction of sp³-hybridized carbons (Fsp3) is 0.0400. The number of hydrogen-bond acceptors (Lipinski definition) is 4. The monoisotopic (exact) mass is 395 g/mol. The van der Waals surface area contributed by atoms with E-state index in [1.54, 1.807) is 30.3 Å². The minimum atomic E-state index is -1.13. The molecule has 0 heterocycles. The van der Waals surface area contributed by atoms with Crippen molar-refractivity contribution in [2.75, 3.05) is 0 Å². The number of carboxylic acids is 1. The summed E-state index contributed by atoms with van der Waals surface area (Å²) in [5.74, 6) is -0.506. The first-order chi connectivity index (χ1) is 14.6. The molecule has 0 atom stereocenters. The highest BCUT2D eigenvalue weighted by Gasteiger charge is 2.44. The van der Waals surface area contributed by atoms with Crippen molar-refractivity contribution < 1.29 is 19.5 Å². The summed E-state index contributed by atoms with van der Waals surface area (Å²) < 4.78 is 0. The normalized spacial score (nSPS) is 13.5. The van der Waals surface area contributed by atoms with Gasteiger partial charge in [-0.05, 0) is 57.3 Å². The Labute approximate surface area is 172 Å². The van der Waals surface area contributed by atoms with Gasteiger partial charge in [0.05, 0.1) is 5.56 Å². The highest BCUT2D eigenvalue weighted by Crippen LogP contribution is 2.46. The van der Waals surface area contributed by atoms with Crippen LogP contribution in [0.3, 0.4) is 0 Å². The van der Waals surface area contributed by atoms with Crippen LogP contribution in [0.2, 0.25) is 0 Å². The standard InChI is InChI=1S/C25H17NO4/c27-15-25(22-7-3-1-5-20(22)21-6-2-4-8-23(21)25)26-30-19-12-11-16-9-10-17(24(28)29)13-18(16)14-19/h1-15,26H,(H,28,29). The lowest BCUT2D eigenvalue weighted by Gasteiger charge is -2.26. The van der Waals surface area contributed by atoms with Crippen molar-refractivity contribution >= 4 is 23.0 Å². The maximum absolute atomic E-state index is 12.4. The number of rotatable bonds is 5. The molecule has 2 N–H and O–H groups in total. The van der Waals surface area contributed by atoms with E-state index in [9.17, 15) is 14.7 Å². The molecule has 0 radical (unpaired) electrons. The highest BCUT2D eigenvalue weighted by atomic mass is 16.6. The molecule has 0 aromatic heterocycles. The molecule has 0 saturated carbocycles. The number of carbonyl (C=O) groups is 2. The molecule has 0 unspecified atom stereocenters. The van der Waals surface area contributed by atoms with Crippen molar-refractivity contribution in [2.24, 2.45) is 0 Å². The Morgan fingerprint density at radius 1 is 0.833 bits per heavy atom. The molecule has 0 aliphatic heterocycles. The molecule has 4 aromatic carbocycles. The number of hydroxylamine groups is 1. The lowest BCUT2D eigenvalue weighted by atomic mass is 9.90. The molecule has 0 fully saturated rings. The molecule has 5 heteroatoms. The average molecular weight is 395 g/mol. The number of carboxylic acid groups (broad SMARTS) is 1. The van der Waals surface area contributed by atoms with Gasteiger partial charge in [0.2, 0.25) is 0 Å². The van der Waals surface area contributed by atoms with Gasteiger partial charge in [0, 0.05) is 0 Å². The van der Waals surface area contributed by atoms with Gasteiger partial charge in [-0.2, -0.15) is 0 Å². The third-order valence-electron chi connectivity index (χ3n) is 5.56. The zero-order valence-electron chi connectivity index (χ0n) is 15.8. The average Bonchev–Trinajstić information content (AvgIpc) is 3.07. The van der Waals surface area contributed by atoms with Gasteiger partial charge < -0.3 is 14.7 Å². The summed E-state index contributed by atoms with van der Waals surface area (Å²) in [7, 11) is 0. The summed E-state index contributed by atoms with van der Waals surface area (Å²) in [6.45, 7) is 0. The third-order valence-corrected chi connectivity index (χ3v) is 5.56. The van der Waals surface area contributed by atoms with Crippen LogP contribution in [0.15, 0.2) is 84.9 Å². The van der Waals surface area contributed by atoms with Crippen molar-refractivity contribution in [3.05, 3.63) is 102 Å². The van der Waals surface area contributed by atoms with Crippen molar-refractivity contribution in [3.63, 3.8) is 0 Å². The van der Waals surface area contributed by atoms with Gasteiger partial charge in [0.25, 0.3) is 0 Å². The van der Waals surface area contributed by atoms with Crippen LogP contribution < -0.4 is 10.3 Å². The summed E-state index contributed by atoms with van der Waals surface area (Å²) in [6, 6.07) is 25.8. The lowest BCUT2D eigenvalue weighted by Crippen LogP contribution is -2.45. The Kier molecular flexibility index (Phi) is 4.12. The highest BCUT2D eigenvalue weighted by molar-refractivity contribution is 5.95. The van der Waals surface area contributed by atoms with E-state index in [1.165, 1.54) is 0 Å². The quantitative estimate of drug-likeness (QED) is 0.383. The zero-order valence-corrected chi connectivity index (χ0v) is 15.8. The minimum Gasteiger partial charge on any atom is -0.478 e. The van der Waals surface area contributed by atoms with E-state index in [0.717, 1.165) is 39.3 Å². The smallest absolute Gasteiger partial charge is 0.335 e. The number of carbonyl (C=O) groups excluding carboxylic acids is 1. The van der Waals surface area contributed by atoms with Gasteiger partial charge in [0.1, 0.15) is 5.75 Å². The molecule has 5 nitrogen and oxygen atoms in total. The van der Waals surface area contributed by atoms with Crippen molar-refractivity contribution in [3.8, 4) is 16.9 Å². The molecule has 0 bridgehead atoms. The maximum atomic E-state index is 12.4. The second kappa shape index (κ2) is 6.83. The molecule has 1 aliphatic carbocycles. The van der Waals surface area contributed by atoms with Gasteiger partial charge in [-0.1, -0.05) is 60.7 Å². The molecule has 30 heavy (non-hydrogen) atoms. The number of nitrogens with one attached hydrogen (secondary N) is 1. The number of aldehydes is 1. The van der Waals surface area contributed by atoms with E-state index in [2.05, 4.69) is 5.48 Å². The molecule has 0 spiro atoms. The van der Waals surface area contributed by atoms with Crippen molar-refractivity contribution in [1.29, 1.82) is 0 Å². The van der Waals surface area contributed by atoms with Gasteiger partial charge in [-0.3, -0.25) is 0 Å². The SMILES string of the molecule is O=CC1(NOc2ccc3ccc(C(=O)O)cc3c2)c2ccccc2-c2ccccc21. The second-order valence-electron chi connectivity index (χ2n) is 7.25. The second-order valence-corrected chi connectivity index (χ2v) is 7.25. The maximum Gasteiger partial charge on any atom is 0.335 e. The Bertz CT molecular complexity index is 1270. The number of hydrogen-bond donors (Lipinski definition) is 2. The molecule has 5 rings (SSSR count). The Hall–Kier alpha value is -3.96. The first-order valence-electron chi connectivity index (χ1n) is 9.49. The first-order valence-corrected chi connectivity index (χ1v) is 9.49. The van der Waals surface area contributed by atoms with E-state index >= 15 is 0 Å². The van der Waals surface area contributed by atoms with Crippen LogP contribution in [0.4, 0.5) is 0 Å². The fourth-order valence-electron chi connectivity index (χ4n) is 4.09. The van der Waals surface area contributed by atoms with Crippen molar-refractivity contribution in [2.45, 2.75) is 5.54 Å². The van der Waals surface area contributed by atoms with Gasteiger partial charge in [-0.15, -0.1) is 5.48 Å². The molecule has 146 valence electrons. The Morgan fingerprint density at radius 2 is 1.47 bits per heavy atom. The lowest BCUT2D eigenvalue weighted by molar-refractivity contribution is -0.115. The van der Waals surface area contributed by atoms with Gasteiger partial charge in [0.15, 0.2) is 11.8 Å². The van der Waals surface area contributed by atoms with Crippen LogP contribution in [0.5, 0.6) is 5.75 Å². The predicted molar refractivity (Wildman–Crippen MR) is 113 cm³/mol. The number of benzene rings is 4. The van der Waals surface area contributed by atoms with E-state index in [0.29, 0.717) is 5.75 Å². The summed E-state index contributed by atoms with van der Waals surface area (Å²) in [5.41, 5.74) is 5.69. The number of aromatic carboxylic acids is 1. The molecular formula is C25H17NO4. The van der Waals surface area contributed by atoms with Crippen LogP contribution in [0.25, 0.3) is 21.9 Å². The minimum absolute atomic E-state index is 0.204.